The number of hydrogen-bond donors (Lipinski definition) is 3. The Morgan fingerprint density at radius 1 is 0.793 bits per heavy atom. The predicted molar refractivity (Wildman–Crippen MR) is 118 cm³/mol. The van der Waals surface area contributed by atoms with Gasteiger partial charge >= 0.3 is 7.12 Å². The van der Waals surface area contributed by atoms with Crippen molar-refractivity contribution in [3.05, 3.63) is 90.0 Å². The smallest absolute Gasteiger partial charge is 0.423 e. The number of nitrogens with one attached hydrogen (secondary N) is 1. The summed E-state index contributed by atoms with van der Waals surface area (Å²) in [7, 11) is -1.60. The van der Waals surface area contributed by atoms with E-state index in [1.54, 1.807) is 18.2 Å². The van der Waals surface area contributed by atoms with Crippen LogP contribution in [0.15, 0.2) is 78.9 Å². The highest BCUT2D eigenvalue weighted by molar-refractivity contribution is 6.58. The van der Waals surface area contributed by atoms with Crippen LogP contribution in [-0.2, 0) is 6.54 Å². The molecule has 0 heterocycles. The Kier molecular flexibility index (Phi) is 4.20. The molecule has 0 aliphatic carbocycles. The first-order valence-corrected chi connectivity index (χ1v) is 9.51. The zero-order valence-corrected chi connectivity index (χ0v) is 15.6. The average molecular weight is 379 g/mol. The normalized spacial score (nSPS) is 11.4. The molecule has 0 aliphatic rings. The van der Waals surface area contributed by atoms with Crippen molar-refractivity contribution in [2.45, 2.75) is 6.54 Å². The molecule has 0 radical (unpaired) electrons. The van der Waals surface area contributed by atoms with E-state index >= 15 is 0 Å². The summed E-state index contributed by atoms with van der Waals surface area (Å²) in [6, 6.07) is 25.4. The van der Waals surface area contributed by atoms with Gasteiger partial charge in [-0.15, -0.1) is 0 Å². The van der Waals surface area contributed by atoms with E-state index in [-0.39, 0.29) is 5.91 Å². The number of rotatable bonds is 4. The first-order valence-electron chi connectivity index (χ1n) is 9.51. The third-order valence-corrected chi connectivity index (χ3v) is 5.51. The minimum Gasteiger partial charge on any atom is -0.423 e. The summed E-state index contributed by atoms with van der Waals surface area (Å²) >= 11 is 0. The molecule has 0 unspecified atom stereocenters. The average Bonchev–Trinajstić information content (AvgIpc) is 2.76. The molecule has 5 aromatic carbocycles. The van der Waals surface area contributed by atoms with Crippen LogP contribution in [0.4, 0.5) is 0 Å². The lowest BCUT2D eigenvalue weighted by Crippen LogP contribution is -2.31. The summed E-state index contributed by atoms with van der Waals surface area (Å²) in [6.07, 6.45) is 0. The number of benzene rings is 5. The Hall–Kier alpha value is -3.41. The SMILES string of the molecule is O=C(NCc1ccc2ccc3cccc4ccc1c2c34)c1cccc(B(O)O)c1. The maximum Gasteiger partial charge on any atom is 0.488 e. The molecule has 4 nitrogen and oxygen atoms in total. The van der Waals surface area contributed by atoms with Crippen LogP contribution in [0.25, 0.3) is 32.3 Å². The van der Waals surface area contributed by atoms with Gasteiger partial charge in [0.25, 0.3) is 5.91 Å². The van der Waals surface area contributed by atoms with Crippen LogP contribution >= 0.6 is 0 Å². The van der Waals surface area contributed by atoms with E-state index in [0.29, 0.717) is 17.6 Å². The van der Waals surface area contributed by atoms with Crippen molar-refractivity contribution >= 4 is 50.8 Å². The van der Waals surface area contributed by atoms with Crippen LogP contribution in [0, 0.1) is 0 Å². The molecule has 0 aromatic heterocycles. The zero-order valence-electron chi connectivity index (χ0n) is 15.6. The molecular weight excluding hydrogens is 361 g/mol. The third kappa shape index (κ3) is 3.01. The van der Waals surface area contributed by atoms with Crippen LogP contribution in [-0.4, -0.2) is 23.1 Å². The van der Waals surface area contributed by atoms with Crippen molar-refractivity contribution in [1.82, 2.24) is 5.32 Å². The maximum atomic E-state index is 12.6. The Bertz CT molecular complexity index is 1350. The quantitative estimate of drug-likeness (QED) is 0.332. The molecule has 0 aliphatic heterocycles. The molecule has 0 spiro atoms. The topological polar surface area (TPSA) is 69.6 Å². The first kappa shape index (κ1) is 17.7. The van der Waals surface area contributed by atoms with Crippen LogP contribution in [0.1, 0.15) is 15.9 Å². The predicted octanol–water partition coefficient (Wildman–Crippen LogP) is 3.19. The van der Waals surface area contributed by atoms with Gasteiger partial charge in [0.05, 0.1) is 0 Å². The molecule has 5 rings (SSSR count). The van der Waals surface area contributed by atoms with E-state index in [1.807, 2.05) is 0 Å². The van der Waals surface area contributed by atoms with Gasteiger partial charge in [0.15, 0.2) is 0 Å². The van der Waals surface area contributed by atoms with Gasteiger partial charge in [0, 0.05) is 12.1 Å². The van der Waals surface area contributed by atoms with Crippen molar-refractivity contribution in [2.75, 3.05) is 0 Å². The molecule has 0 atom stereocenters. The fourth-order valence-corrected chi connectivity index (χ4v) is 4.07. The fourth-order valence-electron chi connectivity index (χ4n) is 4.07. The second-order valence-electron chi connectivity index (χ2n) is 7.26. The zero-order chi connectivity index (χ0) is 20.0. The van der Waals surface area contributed by atoms with E-state index in [1.165, 1.54) is 33.0 Å². The first-order chi connectivity index (χ1) is 14.1. The van der Waals surface area contributed by atoms with Crippen molar-refractivity contribution in [1.29, 1.82) is 0 Å². The van der Waals surface area contributed by atoms with Crippen molar-refractivity contribution in [3.8, 4) is 0 Å². The van der Waals surface area contributed by atoms with Crippen LogP contribution < -0.4 is 10.8 Å². The van der Waals surface area contributed by atoms with Gasteiger partial charge in [-0.25, -0.2) is 0 Å². The summed E-state index contributed by atoms with van der Waals surface area (Å²) in [5, 5.41) is 28.8. The Morgan fingerprint density at radius 3 is 2.21 bits per heavy atom. The third-order valence-electron chi connectivity index (χ3n) is 5.51. The molecule has 5 heteroatoms. The summed E-state index contributed by atoms with van der Waals surface area (Å²) in [5.74, 6) is -0.252. The van der Waals surface area contributed by atoms with Gasteiger partial charge in [-0.1, -0.05) is 66.7 Å². The van der Waals surface area contributed by atoms with Gasteiger partial charge in [-0.2, -0.15) is 0 Å². The fraction of sp³-hybridized carbons (Fsp3) is 0.0417. The molecular formula is C24H18BNO3. The van der Waals surface area contributed by atoms with Crippen LogP contribution in [0.5, 0.6) is 0 Å². The highest BCUT2D eigenvalue weighted by Gasteiger charge is 2.15. The summed E-state index contributed by atoms with van der Waals surface area (Å²) in [4.78, 5) is 12.6. The lowest BCUT2D eigenvalue weighted by molar-refractivity contribution is 0.0951. The van der Waals surface area contributed by atoms with E-state index < -0.39 is 7.12 Å². The number of hydrogen-bond acceptors (Lipinski definition) is 3. The lowest BCUT2D eigenvalue weighted by Gasteiger charge is -2.14. The molecule has 5 aromatic rings. The highest BCUT2D eigenvalue weighted by Crippen LogP contribution is 2.35. The minimum absolute atomic E-state index is 0.252. The van der Waals surface area contributed by atoms with Crippen molar-refractivity contribution in [2.24, 2.45) is 0 Å². The molecule has 1 amide bonds. The summed E-state index contributed by atoms with van der Waals surface area (Å²) in [6.45, 7) is 0.388. The molecule has 29 heavy (non-hydrogen) atoms. The number of amides is 1. The Labute approximate surface area is 167 Å². The molecule has 0 saturated heterocycles. The minimum atomic E-state index is -1.60. The van der Waals surface area contributed by atoms with E-state index in [4.69, 9.17) is 0 Å². The number of carbonyl (C=O) groups is 1. The van der Waals surface area contributed by atoms with Crippen LogP contribution in [0.3, 0.4) is 0 Å². The van der Waals surface area contributed by atoms with E-state index in [0.717, 1.165) is 10.9 Å². The summed E-state index contributed by atoms with van der Waals surface area (Å²) < 4.78 is 0. The molecule has 3 N–H and O–H groups in total. The van der Waals surface area contributed by atoms with E-state index in [9.17, 15) is 14.8 Å². The largest absolute Gasteiger partial charge is 0.488 e. The second kappa shape index (κ2) is 6.89. The van der Waals surface area contributed by atoms with E-state index in [2.05, 4.69) is 59.9 Å². The van der Waals surface area contributed by atoms with Gasteiger partial charge in [-0.05, 0) is 55.5 Å². The highest BCUT2D eigenvalue weighted by atomic mass is 16.4. The summed E-state index contributed by atoms with van der Waals surface area (Å²) in [5.41, 5.74) is 1.73. The monoisotopic (exact) mass is 379 g/mol. The molecule has 0 fully saturated rings. The number of carbonyl (C=O) groups excluding carboxylic acids is 1. The lowest BCUT2D eigenvalue weighted by atomic mass is 9.79. The second-order valence-corrected chi connectivity index (χ2v) is 7.26. The van der Waals surface area contributed by atoms with Gasteiger partial charge < -0.3 is 15.4 Å². The van der Waals surface area contributed by atoms with Gasteiger partial charge in [0.1, 0.15) is 0 Å². The van der Waals surface area contributed by atoms with Gasteiger partial charge in [-0.3, -0.25) is 4.79 Å². The van der Waals surface area contributed by atoms with Crippen molar-refractivity contribution < 1.29 is 14.8 Å². The standard InChI is InChI=1S/C24H18BNO3/c27-24(18-5-2-6-20(13-18)25(28)29)26-14-19-10-9-17-8-7-15-3-1-4-16-11-12-21(19)23(17)22(15)16/h1-13,28-29H,14H2,(H,26,27). The maximum absolute atomic E-state index is 12.6. The van der Waals surface area contributed by atoms with Crippen molar-refractivity contribution in [3.63, 3.8) is 0 Å². The molecule has 140 valence electrons. The molecule has 0 bridgehead atoms. The van der Waals surface area contributed by atoms with Gasteiger partial charge in [0.2, 0.25) is 0 Å². The van der Waals surface area contributed by atoms with Crippen LogP contribution in [0.2, 0.25) is 0 Å². The molecule has 0 saturated carbocycles. The Morgan fingerprint density at radius 2 is 1.45 bits per heavy atom. The Balaban J connectivity index is 1.51.